The Morgan fingerprint density at radius 2 is 1.95 bits per heavy atom. The van der Waals surface area contributed by atoms with Gasteiger partial charge in [-0.15, -0.1) is 0 Å². The largest absolute Gasteiger partial charge is 0.379 e. The topological polar surface area (TPSA) is 77.9 Å². The summed E-state index contributed by atoms with van der Waals surface area (Å²) in [5, 5.41) is 11.3. The Labute approximate surface area is 221 Å². The second-order valence-corrected chi connectivity index (χ2v) is 10.9. The van der Waals surface area contributed by atoms with Gasteiger partial charge in [-0.2, -0.15) is 0 Å². The number of pyridine rings is 1. The molecule has 8 nitrogen and oxygen atoms in total. The minimum atomic E-state index is -0.600. The highest BCUT2D eigenvalue weighted by Crippen LogP contribution is 2.50. The number of aliphatic hydroxyl groups excluding tert-OH is 1. The Bertz CT molecular complexity index is 1300. The molecule has 6 rings (SSSR count). The molecule has 38 heavy (non-hydrogen) atoms. The predicted octanol–water partition coefficient (Wildman–Crippen LogP) is 3.51. The number of aromatic nitrogens is 3. The Balaban J connectivity index is 1.23. The normalized spacial score (nSPS) is 22.3. The molecule has 1 aliphatic carbocycles. The Morgan fingerprint density at radius 3 is 2.74 bits per heavy atom. The standard InChI is InChI=1S/C28H34F2N6O2/c1-34(27(37)28(8-9-28)17-35-11-13-38-14-12-35)16-23-26-22(31-18-32-23)6-7-25(33-26)36-10-2-3-24(36)20-15-19(29)4-5-21(20)30/h4-7,15,18,24,27,37H,2-3,8-14,16-17H2,1H3. The van der Waals surface area contributed by atoms with Crippen LogP contribution < -0.4 is 4.90 Å². The summed E-state index contributed by atoms with van der Waals surface area (Å²) in [5.41, 5.74) is 2.32. The minimum Gasteiger partial charge on any atom is -0.379 e. The summed E-state index contributed by atoms with van der Waals surface area (Å²) in [6.07, 6.45) is 4.50. The average molecular weight is 525 g/mol. The molecule has 2 aliphatic heterocycles. The van der Waals surface area contributed by atoms with Gasteiger partial charge in [-0.3, -0.25) is 9.80 Å². The van der Waals surface area contributed by atoms with Crippen LogP contribution in [0, 0.1) is 17.0 Å². The van der Waals surface area contributed by atoms with Crippen molar-refractivity contribution in [1.82, 2.24) is 24.8 Å². The smallest absolute Gasteiger partial charge is 0.129 e. The maximum atomic E-state index is 14.6. The fourth-order valence-electron chi connectivity index (χ4n) is 6.04. The van der Waals surface area contributed by atoms with Crippen LogP contribution in [0.2, 0.25) is 0 Å². The summed E-state index contributed by atoms with van der Waals surface area (Å²) in [4.78, 5) is 20.2. The number of ether oxygens (including phenoxy) is 1. The zero-order valence-electron chi connectivity index (χ0n) is 21.7. The molecule has 1 saturated carbocycles. The van der Waals surface area contributed by atoms with Crippen LogP contribution in [0.4, 0.5) is 14.6 Å². The van der Waals surface area contributed by atoms with E-state index in [1.807, 2.05) is 29.0 Å². The summed E-state index contributed by atoms with van der Waals surface area (Å²) < 4.78 is 34.0. The molecule has 2 aromatic heterocycles. The first-order valence-corrected chi connectivity index (χ1v) is 13.4. The molecule has 3 aromatic rings. The Morgan fingerprint density at radius 1 is 1.13 bits per heavy atom. The highest BCUT2D eigenvalue weighted by molar-refractivity contribution is 5.78. The number of hydrogen-bond acceptors (Lipinski definition) is 8. The van der Waals surface area contributed by atoms with Crippen molar-refractivity contribution in [1.29, 1.82) is 0 Å². The monoisotopic (exact) mass is 524 g/mol. The maximum absolute atomic E-state index is 14.6. The number of benzene rings is 1. The number of nitrogens with zero attached hydrogens (tertiary/aromatic N) is 6. The number of anilines is 1. The third-order valence-corrected chi connectivity index (χ3v) is 8.31. The van der Waals surface area contributed by atoms with Crippen LogP contribution in [0.5, 0.6) is 0 Å². The van der Waals surface area contributed by atoms with Gasteiger partial charge in [0.15, 0.2) is 0 Å². The van der Waals surface area contributed by atoms with Gasteiger partial charge in [-0.05, 0) is 63.1 Å². The molecular formula is C28H34F2N6O2. The minimum absolute atomic E-state index is 0.134. The molecule has 1 aromatic carbocycles. The van der Waals surface area contributed by atoms with Gasteiger partial charge in [0.2, 0.25) is 0 Å². The van der Waals surface area contributed by atoms with Crippen molar-refractivity contribution in [3.63, 3.8) is 0 Å². The van der Waals surface area contributed by atoms with Crippen molar-refractivity contribution < 1.29 is 18.6 Å². The van der Waals surface area contributed by atoms with Crippen molar-refractivity contribution in [3.05, 3.63) is 59.6 Å². The van der Waals surface area contributed by atoms with Crippen LogP contribution in [0.3, 0.4) is 0 Å². The molecular weight excluding hydrogens is 490 g/mol. The van der Waals surface area contributed by atoms with E-state index in [0.29, 0.717) is 35.5 Å². The van der Waals surface area contributed by atoms with Crippen molar-refractivity contribution in [2.75, 3.05) is 51.3 Å². The van der Waals surface area contributed by atoms with E-state index in [-0.39, 0.29) is 11.5 Å². The van der Waals surface area contributed by atoms with E-state index in [1.54, 1.807) is 0 Å². The van der Waals surface area contributed by atoms with Gasteiger partial charge in [0.05, 0.1) is 30.5 Å². The fourth-order valence-corrected chi connectivity index (χ4v) is 6.04. The first kappa shape index (κ1) is 25.5. The van der Waals surface area contributed by atoms with Crippen LogP contribution >= 0.6 is 0 Å². The molecule has 202 valence electrons. The van der Waals surface area contributed by atoms with E-state index in [9.17, 15) is 13.9 Å². The van der Waals surface area contributed by atoms with E-state index in [0.717, 1.165) is 70.3 Å². The summed E-state index contributed by atoms with van der Waals surface area (Å²) in [6, 6.07) is 7.12. The number of morpholine rings is 1. The van der Waals surface area contributed by atoms with Crippen LogP contribution in [-0.4, -0.2) is 82.5 Å². The van der Waals surface area contributed by atoms with Gasteiger partial charge in [-0.25, -0.2) is 23.7 Å². The highest BCUT2D eigenvalue weighted by Gasteiger charge is 2.51. The zero-order valence-corrected chi connectivity index (χ0v) is 21.7. The van der Waals surface area contributed by atoms with Crippen molar-refractivity contribution in [2.24, 2.45) is 5.41 Å². The maximum Gasteiger partial charge on any atom is 0.129 e. The van der Waals surface area contributed by atoms with E-state index >= 15 is 0 Å². The molecule has 1 N–H and O–H groups in total. The van der Waals surface area contributed by atoms with Gasteiger partial charge >= 0.3 is 0 Å². The zero-order chi connectivity index (χ0) is 26.3. The molecule has 2 atom stereocenters. The molecule has 2 saturated heterocycles. The number of halogens is 2. The van der Waals surface area contributed by atoms with Crippen LogP contribution in [0.1, 0.15) is 43.0 Å². The molecule has 3 aliphatic rings. The molecule has 10 heteroatoms. The van der Waals surface area contributed by atoms with Gasteiger partial charge in [0.1, 0.15) is 35.5 Å². The molecule has 0 bridgehead atoms. The van der Waals surface area contributed by atoms with Crippen LogP contribution in [0.15, 0.2) is 36.7 Å². The Kier molecular flexibility index (Phi) is 6.98. The quantitative estimate of drug-likeness (QED) is 0.449. The first-order valence-electron chi connectivity index (χ1n) is 13.4. The number of rotatable bonds is 8. The van der Waals surface area contributed by atoms with Crippen LogP contribution in [-0.2, 0) is 11.3 Å². The third-order valence-electron chi connectivity index (χ3n) is 8.31. The molecule has 0 radical (unpaired) electrons. The lowest BCUT2D eigenvalue weighted by Crippen LogP contribution is -2.47. The molecule has 4 heterocycles. The summed E-state index contributed by atoms with van der Waals surface area (Å²) in [7, 11) is 1.92. The van der Waals surface area contributed by atoms with Crippen molar-refractivity contribution >= 4 is 16.9 Å². The first-order chi connectivity index (χ1) is 18.4. The van der Waals surface area contributed by atoms with E-state index in [1.165, 1.54) is 18.5 Å². The highest BCUT2D eigenvalue weighted by atomic mass is 19.1. The number of aliphatic hydroxyl groups is 1. The van der Waals surface area contributed by atoms with Crippen molar-refractivity contribution in [2.45, 2.75) is 44.5 Å². The lowest BCUT2D eigenvalue weighted by Gasteiger charge is -2.36. The summed E-state index contributed by atoms with van der Waals surface area (Å²) in [5.74, 6) is -0.164. The average Bonchev–Trinajstić information content (AvgIpc) is 3.54. The third kappa shape index (κ3) is 4.98. The lowest BCUT2D eigenvalue weighted by molar-refractivity contribution is -0.0624. The molecule has 3 fully saturated rings. The van der Waals surface area contributed by atoms with E-state index in [2.05, 4.69) is 14.9 Å². The lowest BCUT2D eigenvalue weighted by atomic mass is 10.0. The van der Waals surface area contributed by atoms with Crippen LogP contribution in [0.25, 0.3) is 11.0 Å². The van der Waals surface area contributed by atoms with E-state index < -0.39 is 17.9 Å². The molecule has 2 unspecified atom stereocenters. The molecule has 0 amide bonds. The van der Waals surface area contributed by atoms with Crippen molar-refractivity contribution in [3.8, 4) is 0 Å². The SMILES string of the molecule is CN(Cc1ncnc2ccc(N3CCCC3c3cc(F)ccc3F)nc12)C(O)C1(CN2CCOCC2)CC1. The van der Waals surface area contributed by atoms with Gasteiger partial charge in [-0.1, -0.05) is 0 Å². The predicted molar refractivity (Wildman–Crippen MR) is 139 cm³/mol. The van der Waals surface area contributed by atoms with E-state index in [4.69, 9.17) is 9.72 Å². The summed E-state index contributed by atoms with van der Waals surface area (Å²) >= 11 is 0. The van der Waals surface area contributed by atoms with Gasteiger partial charge in [0, 0.05) is 43.7 Å². The fraction of sp³-hybridized carbons (Fsp3) is 0.536. The molecule has 0 spiro atoms. The number of fused-ring (bicyclic) bond motifs is 1. The second-order valence-electron chi connectivity index (χ2n) is 10.9. The number of hydrogen-bond donors (Lipinski definition) is 1. The van der Waals surface area contributed by atoms with Gasteiger partial charge < -0.3 is 14.7 Å². The summed E-state index contributed by atoms with van der Waals surface area (Å²) in [6.45, 7) is 5.27. The second kappa shape index (κ2) is 10.4. The Hall–Kier alpha value is -2.79. The van der Waals surface area contributed by atoms with Gasteiger partial charge in [0.25, 0.3) is 0 Å².